The van der Waals surface area contributed by atoms with E-state index in [-0.39, 0.29) is 17.0 Å². The van der Waals surface area contributed by atoms with Crippen molar-refractivity contribution in [3.8, 4) is 0 Å². The van der Waals surface area contributed by atoms with Crippen LogP contribution in [0.4, 0.5) is 5.95 Å². The van der Waals surface area contributed by atoms with Crippen molar-refractivity contribution in [3.05, 3.63) is 51.4 Å². The molecule has 0 atom stereocenters. The lowest BCUT2D eigenvalue weighted by atomic mass is 10.1. The van der Waals surface area contributed by atoms with E-state index in [0.717, 1.165) is 5.56 Å². The maximum Gasteiger partial charge on any atom is 0.263 e. The number of nitrogens with one attached hydrogen (secondary N) is 1. The number of benzene rings is 1. The van der Waals surface area contributed by atoms with Gasteiger partial charge in [0.25, 0.3) is 5.56 Å². The van der Waals surface area contributed by atoms with Gasteiger partial charge in [-0.25, -0.2) is 4.68 Å². The normalized spacial score (nSPS) is 15.1. The number of aromatic amines is 1. The number of amides is 1. The molecule has 0 aliphatic carbocycles. The lowest BCUT2D eigenvalue weighted by molar-refractivity contribution is -0.130. The molecular weight excluding hydrogens is 404 g/mol. The molecule has 3 heterocycles. The SMILES string of the molecule is CC(C)(C)n1ncc2c(=O)[nH]c(N3CCN(C(=O)Cc4cccc(Cl)c4)CC3)nc21. The van der Waals surface area contributed by atoms with E-state index < -0.39 is 0 Å². The molecule has 1 fully saturated rings. The number of hydrogen-bond donors (Lipinski definition) is 1. The van der Waals surface area contributed by atoms with E-state index >= 15 is 0 Å². The predicted octanol–water partition coefficient (Wildman–Crippen LogP) is 2.42. The van der Waals surface area contributed by atoms with E-state index in [9.17, 15) is 9.59 Å². The highest BCUT2D eigenvalue weighted by atomic mass is 35.5. The van der Waals surface area contributed by atoms with Gasteiger partial charge in [0.05, 0.1) is 18.2 Å². The minimum Gasteiger partial charge on any atom is -0.339 e. The van der Waals surface area contributed by atoms with Gasteiger partial charge in [-0.05, 0) is 38.5 Å². The fraction of sp³-hybridized carbons (Fsp3) is 0.429. The van der Waals surface area contributed by atoms with Crippen molar-refractivity contribution in [1.29, 1.82) is 0 Å². The highest BCUT2D eigenvalue weighted by Gasteiger charge is 2.25. The van der Waals surface area contributed by atoms with Gasteiger partial charge < -0.3 is 9.80 Å². The Morgan fingerprint density at radius 2 is 1.93 bits per heavy atom. The van der Waals surface area contributed by atoms with Crippen molar-refractivity contribution in [3.63, 3.8) is 0 Å². The minimum atomic E-state index is -0.286. The van der Waals surface area contributed by atoms with Crippen molar-refractivity contribution in [2.75, 3.05) is 31.1 Å². The van der Waals surface area contributed by atoms with Crippen molar-refractivity contribution < 1.29 is 4.79 Å². The number of halogens is 1. The summed E-state index contributed by atoms with van der Waals surface area (Å²) in [4.78, 5) is 36.6. The fourth-order valence-corrected chi connectivity index (χ4v) is 3.86. The fourth-order valence-electron chi connectivity index (χ4n) is 3.65. The third kappa shape index (κ3) is 4.05. The molecule has 8 nitrogen and oxygen atoms in total. The Kier molecular flexibility index (Phi) is 5.27. The molecule has 0 saturated carbocycles. The molecule has 9 heteroatoms. The van der Waals surface area contributed by atoms with Crippen LogP contribution in [0.3, 0.4) is 0 Å². The first-order chi connectivity index (χ1) is 14.2. The van der Waals surface area contributed by atoms with Crippen LogP contribution in [-0.2, 0) is 16.8 Å². The number of carbonyl (C=O) groups is 1. The van der Waals surface area contributed by atoms with Gasteiger partial charge in [0.1, 0.15) is 5.39 Å². The molecule has 0 spiro atoms. The van der Waals surface area contributed by atoms with E-state index in [1.54, 1.807) is 16.9 Å². The van der Waals surface area contributed by atoms with Gasteiger partial charge in [-0.1, -0.05) is 23.7 Å². The number of nitrogens with zero attached hydrogens (tertiary/aromatic N) is 5. The van der Waals surface area contributed by atoms with Crippen LogP contribution < -0.4 is 10.5 Å². The predicted molar refractivity (Wildman–Crippen MR) is 117 cm³/mol. The molecule has 1 saturated heterocycles. The Balaban J connectivity index is 1.48. The second-order valence-corrected chi connectivity index (χ2v) is 8.96. The third-order valence-electron chi connectivity index (χ3n) is 5.24. The second kappa shape index (κ2) is 7.75. The molecule has 4 rings (SSSR count). The van der Waals surface area contributed by atoms with E-state index in [1.165, 1.54) is 0 Å². The summed E-state index contributed by atoms with van der Waals surface area (Å²) < 4.78 is 1.77. The van der Waals surface area contributed by atoms with Gasteiger partial charge in [0.2, 0.25) is 11.9 Å². The van der Waals surface area contributed by atoms with Gasteiger partial charge in [-0.3, -0.25) is 14.6 Å². The zero-order chi connectivity index (χ0) is 21.5. The molecule has 1 aliphatic rings. The van der Waals surface area contributed by atoms with E-state index in [1.807, 2.05) is 48.8 Å². The summed E-state index contributed by atoms with van der Waals surface area (Å²) in [6.45, 7) is 8.39. The Bertz CT molecular complexity index is 1140. The van der Waals surface area contributed by atoms with Gasteiger partial charge in [0.15, 0.2) is 5.65 Å². The van der Waals surface area contributed by atoms with Crippen molar-refractivity contribution in [2.45, 2.75) is 32.7 Å². The van der Waals surface area contributed by atoms with Crippen LogP contribution in [-0.4, -0.2) is 56.7 Å². The zero-order valence-corrected chi connectivity index (χ0v) is 18.1. The number of aromatic nitrogens is 4. The maximum atomic E-state index is 12.7. The monoisotopic (exact) mass is 428 g/mol. The van der Waals surface area contributed by atoms with Crippen LogP contribution in [0.5, 0.6) is 0 Å². The van der Waals surface area contributed by atoms with Gasteiger partial charge >= 0.3 is 0 Å². The first-order valence-corrected chi connectivity index (χ1v) is 10.4. The van der Waals surface area contributed by atoms with Crippen LogP contribution in [0.15, 0.2) is 35.3 Å². The number of rotatable bonds is 3. The Labute approximate surface area is 179 Å². The van der Waals surface area contributed by atoms with Crippen LogP contribution in [0.2, 0.25) is 5.02 Å². The lowest BCUT2D eigenvalue weighted by Crippen LogP contribution is -2.50. The molecular formula is C21H25ClN6O2. The molecule has 1 aromatic carbocycles. The molecule has 30 heavy (non-hydrogen) atoms. The summed E-state index contributed by atoms with van der Waals surface area (Å²) in [5.74, 6) is 0.583. The molecule has 0 bridgehead atoms. The molecule has 1 N–H and O–H groups in total. The number of H-pyrrole nitrogens is 1. The summed E-state index contributed by atoms with van der Waals surface area (Å²) in [5.41, 5.74) is 0.984. The zero-order valence-electron chi connectivity index (χ0n) is 17.4. The third-order valence-corrected chi connectivity index (χ3v) is 5.47. The Morgan fingerprint density at radius 1 is 1.20 bits per heavy atom. The highest BCUT2D eigenvalue weighted by molar-refractivity contribution is 6.30. The van der Waals surface area contributed by atoms with Crippen LogP contribution >= 0.6 is 11.6 Å². The molecule has 158 valence electrons. The average Bonchev–Trinajstić information content (AvgIpc) is 3.13. The first-order valence-electron chi connectivity index (χ1n) is 9.98. The van der Waals surface area contributed by atoms with Crippen LogP contribution in [0.1, 0.15) is 26.3 Å². The summed E-state index contributed by atoms with van der Waals surface area (Å²) >= 11 is 6.01. The van der Waals surface area contributed by atoms with E-state index in [4.69, 9.17) is 11.6 Å². The Hall–Kier alpha value is -2.87. The van der Waals surface area contributed by atoms with Gasteiger partial charge in [-0.2, -0.15) is 10.1 Å². The van der Waals surface area contributed by atoms with Crippen molar-refractivity contribution in [2.24, 2.45) is 0 Å². The number of anilines is 1. The van der Waals surface area contributed by atoms with Gasteiger partial charge in [-0.15, -0.1) is 0 Å². The van der Waals surface area contributed by atoms with Gasteiger partial charge in [0, 0.05) is 31.2 Å². The van der Waals surface area contributed by atoms with Crippen molar-refractivity contribution in [1.82, 2.24) is 24.6 Å². The topological polar surface area (TPSA) is 87.1 Å². The molecule has 0 radical (unpaired) electrons. The van der Waals surface area contributed by atoms with E-state index in [2.05, 4.69) is 15.1 Å². The number of carbonyl (C=O) groups excluding carboxylic acids is 1. The first kappa shape index (κ1) is 20.4. The highest BCUT2D eigenvalue weighted by Crippen LogP contribution is 2.20. The molecule has 1 amide bonds. The minimum absolute atomic E-state index is 0.0691. The average molecular weight is 429 g/mol. The van der Waals surface area contributed by atoms with Crippen LogP contribution in [0.25, 0.3) is 11.0 Å². The summed E-state index contributed by atoms with van der Waals surface area (Å²) in [6, 6.07) is 7.37. The maximum absolute atomic E-state index is 12.7. The molecule has 1 aliphatic heterocycles. The van der Waals surface area contributed by atoms with E-state index in [0.29, 0.717) is 54.6 Å². The second-order valence-electron chi connectivity index (χ2n) is 8.53. The standard InChI is InChI=1S/C21H25ClN6O2/c1-21(2,3)28-18-16(13-23-28)19(30)25-20(24-18)27-9-7-26(8-10-27)17(29)12-14-5-4-6-15(22)11-14/h4-6,11,13H,7-10,12H2,1-3H3,(H,24,25,30). The summed E-state index contributed by atoms with van der Waals surface area (Å²) in [7, 11) is 0. The summed E-state index contributed by atoms with van der Waals surface area (Å²) in [6.07, 6.45) is 1.88. The van der Waals surface area contributed by atoms with Crippen LogP contribution in [0, 0.1) is 0 Å². The summed E-state index contributed by atoms with van der Waals surface area (Å²) in [5, 5.41) is 5.45. The molecule has 0 unspecified atom stereocenters. The number of hydrogen-bond acceptors (Lipinski definition) is 5. The smallest absolute Gasteiger partial charge is 0.263 e. The number of piperazine rings is 1. The lowest BCUT2D eigenvalue weighted by Gasteiger charge is -2.35. The quantitative estimate of drug-likeness (QED) is 0.692. The largest absolute Gasteiger partial charge is 0.339 e. The number of fused-ring (bicyclic) bond motifs is 1. The molecule has 2 aromatic heterocycles. The Morgan fingerprint density at radius 3 is 2.60 bits per heavy atom. The van der Waals surface area contributed by atoms with Crippen molar-refractivity contribution >= 4 is 34.5 Å². The molecule has 3 aromatic rings.